The molecule has 0 fully saturated rings. The van der Waals surface area contributed by atoms with E-state index in [1.54, 1.807) is 23.4 Å². The molecule has 0 radical (unpaired) electrons. The van der Waals surface area contributed by atoms with Gasteiger partial charge in [0, 0.05) is 7.05 Å². The lowest BCUT2D eigenvalue weighted by Crippen LogP contribution is -2.03. The Bertz CT molecular complexity index is 590. The minimum Gasteiger partial charge on any atom is -0.358 e. The number of aromatic nitrogens is 5. The Morgan fingerprint density at radius 3 is 2.61 bits per heavy atom. The summed E-state index contributed by atoms with van der Waals surface area (Å²) in [6.45, 7) is 2.02. The Morgan fingerprint density at radius 1 is 1.33 bits per heavy atom. The lowest BCUT2D eigenvalue weighted by atomic mass is 10.5. The van der Waals surface area contributed by atoms with Crippen LogP contribution in [0.3, 0.4) is 0 Å². The molecule has 96 valence electrons. The summed E-state index contributed by atoms with van der Waals surface area (Å²) in [5, 5.41) is 19.6. The van der Waals surface area contributed by atoms with Crippen LogP contribution in [0.25, 0.3) is 11.6 Å². The molecule has 0 spiro atoms. The van der Waals surface area contributed by atoms with Gasteiger partial charge in [-0.1, -0.05) is 18.7 Å². The van der Waals surface area contributed by atoms with Crippen molar-refractivity contribution in [1.29, 1.82) is 0 Å². The predicted octanol–water partition coefficient (Wildman–Crippen LogP) is 1.24. The van der Waals surface area contributed by atoms with Crippen LogP contribution in [0.5, 0.6) is 0 Å². The Labute approximate surface area is 107 Å². The zero-order valence-electron chi connectivity index (χ0n) is 10.2. The molecule has 0 aliphatic carbocycles. The van der Waals surface area contributed by atoms with Crippen LogP contribution in [0.4, 0.5) is 5.82 Å². The highest BCUT2D eigenvalue weighted by Gasteiger charge is 2.23. The molecular formula is C9H12N6O2S. The third-order valence-electron chi connectivity index (χ3n) is 2.46. The van der Waals surface area contributed by atoms with Gasteiger partial charge in [0.25, 0.3) is 5.82 Å². The molecule has 8 nitrogen and oxygen atoms in total. The molecule has 0 atom stereocenters. The highest BCUT2D eigenvalue weighted by atomic mass is 32.2. The first-order chi connectivity index (χ1) is 8.56. The van der Waals surface area contributed by atoms with Crippen molar-refractivity contribution in [2.45, 2.75) is 12.1 Å². The number of nitrogens with zero attached hydrogens (tertiary/aromatic N) is 6. The van der Waals surface area contributed by atoms with E-state index in [1.165, 1.54) is 10.8 Å². The van der Waals surface area contributed by atoms with Crippen LogP contribution < -0.4 is 0 Å². The fourth-order valence-electron chi connectivity index (χ4n) is 1.54. The van der Waals surface area contributed by atoms with E-state index < -0.39 is 4.92 Å². The fraction of sp³-hybridized carbons (Fsp3) is 0.444. The van der Waals surface area contributed by atoms with E-state index in [9.17, 15) is 10.1 Å². The number of hydrogen-bond donors (Lipinski definition) is 0. The van der Waals surface area contributed by atoms with Crippen molar-refractivity contribution in [3.8, 4) is 11.6 Å². The van der Waals surface area contributed by atoms with Gasteiger partial charge in [-0.05, 0) is 10.7 Å². The third kappa shape index (κ3) is 1.96. The van der Waals surface area contributed by atoms with Crippen molar-refractivity contribution in [2.75, 3.05) is 5.75 Å². The van der Waals surface area contributed by atoms with Crippen LogP contribution >= 0.6 is 11.8 Å². The van der Waals surface area contributed by atoms with Gasteiger partial charge in [-0.25, -0.2) is 9.55 Å². The maximum atomic E-state index is 10.8. The normalized spacial score (nSPS) is 10.8. The minimum absolute atomic E-state index is 0.0716. The largest absolute Gasteiger partial charge is 0.358 e. The van der Waals surface area contributed by atoms with Gasteiger partial charge < -0.3 is 14.7 Å². The minimum atomic E-state index is -0.478. The predicted molar refractivity (Wildman–Crippen MR) is 66.3 cm³/mol. The summed E-state index contributed by atoms with van der Waals surface area (Å²) in [5.41, 5.74) is 0. The van der Waals surface area contributed by atoms with Crippen molar-refractivity contribution in [2.24, 2.45) is 14.1 Å². The zero-order valence-corrected chi connectivity index (χ0v) is 11.0. The maximum Gasteiger partial charge on any atom is 0.343 e. The highest BCUT2D eigenvalue weighted by molar-refractivity contribution is 7.99. The molecule has 0 aliphatic rings. The van der Waals surface area contributed by atoms with Crippen molar-refractivity contribution in [1.82, 2.24) is 24.3 Å². The lowest BCUT2D eigenvalue weighted by molar-refractivity contribution is -0.391. The molecule has 0 aliphatic heterocycles. The summed E-state index contributed by atoms with van der Waals surface area (Å²) < 4.78 is 3.17. The van der Waals surface area contributed by atoms with Crippen molar-refractivity contribution in [3.63, 3.8) is 0 Å². The fourth-order valence-corrected chi connectivity index (χ4v) is 2.18. The Kier molecular flexibility index (Phi) is 3.32. The molecule has 0 bridgehead atoms. The highest BCUT2D eigenvalue weighted by Crippen LogP contribution is 2.23. The molecule has 0 aromatic carbocycles. The monoisotopic (exact) mass is 268 g/mol. The summed E-state index contributed by atoms with van der Waals surface area (Å²) in [6.07, 6.45) is 1.22. The Balaban J connectivity index is 2.46. The SMILES string of the molecule is CCSc1nnc(-c2ncc([N+](=O)[O-])n2C)n1C. The molecule has 0 amide bonds. The molecule has 18 heavy (non-hydrogen) atoms. The van der Waals surface area contributed by atoms with Crippen LogP contribution in [0.1, 0.15) is 6.92 Å². The summed E-state index contributed by atoms with van der Waals surface area (Å²) >= 11 is 1.55. The van der Waals surface area contributed by atoms with E-state index in [0.717, 1.165) is 10.9 Å². The Hall–Kier alpha value is -1.90. The number of nitro groups is 1. The van der Waals surface area contributed by atoms with E-state index in [2.05, 4.69) is 15.2 Å². The van der Waals surface area contributed by atoms with Gasteiger partial charge in [0.15, 0.2) is 5.16 Å². The summed E-state index contributed by atoms with van der Waals surface area (Å²) in [6, 6.07) is 0. The first-order valence-electron chi connectivity index (χ1n) is 5.25. The van der Waals surface area contributed by atoms with E-state index in [0.29, 0.717) is 11.6 Å². The maximum absolute atomic E-state index is 10.8. The number of thioether (sulfide) groups is 1. The van der Waals surface area contributed by atoms with Gasteiger partial charge in [-0.3, -0.25) is 0 Å². The van der Waals surface area contributed by atoms with Crippen molar-refractivity contribution >= 4 is 17.6 Å². The summed E-state index contributed by atoms with van der Waals surface area (Å²) in [4.78, 5) is 14.3. The lowest BCUT2D eigenvalue weighted by Gasteiger charge is -2.00. The molecule has 2 aromatic heterocycles. The van der Waals surface area contributed by atoms with Gasteiger partial charge in [-0.15, -0.1) is 10.2 Å². The van der Waals surface area contributed by atoms with Crippen molar-refractivity contribution in [3.05, 3.63) is 16.3 Å². The topological polar surface area (TPSA) is 91.7 Å². The van der Waals surface area contributed by atoms with E-state index >= 15 is 0 Å². The molecule has 0 saturated heterocycles. The average molecular weight is 268 g/mol. The molecule has 2 rings (SSSR count). The molecule has 0 unspecified atom stereocenters. The molecule has 0 N–H and O–H groups in total. The van der Waals surface area contributed by atoms with Crippen LogP contribution in [-0.2, 0) is 14.1 Å². The standard InChI is InChI=1S/C9H12N6O2S/c1-4-18-9-12-11-8(14(9)3)7-10-5-6(13(7)2)15(16)17/h5H,4H2,1-3H3. The smallest absolute Gasteiger partial charge is 0.343 e. The second-order valence-corrected chi connectivity index (χ2v) is 4.79. The van der Waals surface area contributed by atoms with Gasteiger partial charge in [0.2, 0.25) is 5.82 Å². The van der Waals surface area contributed by atoms with Crippen LogP contribution in [0.2, 0.25) is 0 Å². The molecular weight excluding hydrogens is 256 g/mol. The van der Waals surface area contributed by atoms with Gasteiger partial charge in [-0.2, -0.15) is 0 Å². The van der Waals surface area contributed by atoms with Crippen LogP contribution in [0.15, 0.2) is 11.4 Å². The second-order valence-electron chi connectivity index (χ2n) is 3.55. The summed E-state index contributed by atoms with van der Waals surface area (Å²) in [5.74, 6) is 1.76. The first kappa shape index (κ1) is 12.6. The molecule has 0 saturated carbocycles. The van der Waals surface area contributed by atoms with E-state index in [4.69, 9.17) is 0 Å². The summed E-state index contributed by atoms with van der Waals surface area (Å²) in [7, 11) is 3.40. The van der Waals surface area contributed by atoms with Gasteiger partial charge >= 0.3 is 5.82 Å². The average Bonchev–Trinajstić information content (AvgIpc) is 2.85. The second kappa shape index (κ2) is 4.77. The van der Waals surface area contributed by atoms with Crippen LogP contribution in [0, 0.1) is 10.1 Å². The van der Waals surface area contributed by atoms with Gasteiger partial charge in [0.05, 0.1) is 7.05 Å². The zero-order chi connectivity index (χ0) is 13.3. The van der Waals surface area contributed by atoms with E-state index in [-0.39, 0.29) is 5.82 Å². The third-order valence-corrected chi connectivity index (χ3v) is 3.36. The van der Waals surface area contributed by atoms with Crippen molar-refractivity contribution < 1.29 is 4.92 Å². The molecule has 2 heterocycles. The number of hydrogen-bond acceptors (Lipinski definition) is 6. The van der Waals surface area contributed by atoms with E-state index in [1.807, 2.05) is 14.0 Å². The Morgan fingerprint density at radius 2 is 2.06 bits per heavy atom. The molecule has 2 aromatic rings. The number of imidazole rings is 1. The van der Waals surface area contributed by atoms with Crippen LogP contribution in [-0.4, -0.2) is 35.0 Å². The number of rotatable bonds is 4. The first-order valence-corrected chi connectivity index (χ1v) is 6.23. The quantitative estimate of drug-likeness (QED) is 0.470. The van der Waals surface area contributed by atoms with Gasteiger partial charge in [0.1, 0.15) is 6.20 Å². The molecule has 9 heteroatoms.